The van der Waals surface area contributed by atoms with Gasteiger partial charge in [0.05, 0.1) is 6.10 Å². The van der Waals surface area contributed by atoms with Crippen LogP contribution in [0.1, 0.15) is 29.3 Å². The maximum atomic E-state index is 10.7. The number of aliphatic hydroxyl groups excluding tert-OH is 2. The van der Waals surface area contributed by atoms with E-state index >= 15 is 0 Å². The molecule has 2 atom stereocenters. The van der Waals surface area contributed by atoms with Crippen LogP contribution in [0.2, 0.25) is 0 Å². The smallest absolute Gasteiger partial charge is 0.185 e. The third-order valence-electron chi connectivity index (χ3n) is 1.88. The van der Waals surface area contributed by atoms with Crippen molar-refractivity contribution in [3.8, 4) is 0 Å². The van der Waals surface area contributed by atoms with E-state index < -0.39 is 12.2 Å². The molecule has 0 amide bonds. The zero-order valence-corrected chi connectivity index (χ0v) is 9.44. The van der Waals surface area contributed by atoms with Crippen molar-refractivity contribution >= 4 is 23.2 Å². The van der Waals surface area contributed by atoms with Crippen LogP contribution in [-0.4, -0.2) is 33.5 Å². The number of aldehydes is 1. The van der Waals surface area contributed by atoms with Crippen molar-refractivity contribution in [2.45, 2.75) is 19.1 Å². The van der Waals surface area contributed by atoms with Crippen LogP contribution in [0, 0.1) is 0 Å². The Bertz CT molecular complexity index is 373. The van der Waals surface area contributed by atoms with Crippen LogP contribution in [-0.2, 0) is 4.79 Å². The normalized spacial score (nSPS) is 14.4. The number of hydrogen-bond acceptors (Lipinski definition) is 6. The number of carbonyl (C=O) groups is 2. The molecule has 5 nitrogen and oxygen atoms in total. The van der Waals surface area contributed by atoms with Gasteiger partial charge in [0.1, 0.15) is 11.9 Å². The summed E-state index contributed by atoms with van der Waals surface area (Å²) in [6.45, 7) is 1.38. The molecule has 0 radical (unpaired) electrons. The highest BCUT2D eigenvalue weighted by atomic mass is 32.2. The van der Waals surface area contributed by atoms with Gasteiger partial charge in [-0.25, -0.2) is 0 Å². The summed E-state index contributed by atoms with van der Waals surface area (Å²) < 4.78 is 4.95. The standard InChI is InChI=1S/C10H12O5S/c1-6(12)16-5-8(13)10(14)9-3-2-7(4-11)15-9/h2-4,8,10,13-14H,5H2,1H3. The average Bonchev–Trinajstić information content (AvgIpc) is 2.73. The minimum absolute atomic E-state index is 0.0770. The highest BCUT2D eigenvalue weighted by molar-refractivity contribution is 8.13. The summed E-state index contributed by atoms with van der Waals surface area (Å²) in [4.78, 5) is 21.0. The van der Waals surface area contributed by atoms with Gasteiger partial charge >= 0.3 is 0 Å². The molecule has 2 unspecified atom stereocenters. The van der Waals surface area contributed by atoms with Crippen molar-refractivity contribution < 1.29 is 24.2 Å². The molecule has 0 saturated carbocycles. The fourth-order valence-corrected chi connectivity index (χ4v) is 1.66. The first-order valence-electron chi connectivity index (χ1n) is 4.59. The third kappa shape index (κ3) is 3.48. The van der Waals surface area contributed by atoms with Crippen molar-refractivity contribution in [3.05, 3.63) is 23.7 Å². The van der Waals surface area contributed by atoms with E-state index in [4.69, 9.17) is 4.42 Å². The van der Waals surface area contributed by atoms with E-state index in [1.807, 2.05) is 0 Å². The first-order chi connectivity index (χ1) is 7.54. The van der Waals surface area contributed by atoms with E-state index in [-0.39, 0.29) is 22.4 Å². The van der Waals surface area contributed by atoms with E-state index in [0.717, 1.165) is 11.8 Å². The molecule has 1 heterocycles. The molecule has 1 aromatic rings. The van der Waals surface area contributed by atoms with Crippen LogP contribution in [0.15, 0.2) is 16.5 Å². The summed E-state index contributed by atoms with van der Waals surface area (Å²) in [6.07, 6.45) is -1.84. The molecule has 1 rings (SSSR count). The molecule has 88 valence electrons. The molecule has 0 bridgehead atoms. The van der Waals surface area contributed by atoms with E-state index in [9.17, 15) is 19.8 Å². The van der Waals surface area contributed by atoms with Crippen molar-refractivity contribution in [3.63, 3.8) is 0 Å². The maximum Gasteiger partial charge on any atom is 0.185 e. The lowest BCUT2D eigenvalue weighted by atomic mass is 10.2. The Balaban J connectivity index is 2.58. The van der Waals surface area contributed by atoms with E-state index in [2.05, 4.69) is 0 Å². The van der Waals surface area contributed by atoms with Gasteiger partial charge in [-0.3, -0.25) is 9.59 Å². The number of aliphatic hydroxyl groups is 2. The fourth-order valence-electron chi connectivity index (χ4n) is 1.07. The topological polar surface area (TPSA) is 87.7 Å². The van der Waals surface area contributed by atoms with Crippen LogP contribution < -0.4 is 0 Å². The van der Waals surface area contributed by atoms with E-state index in [1.54, 1.807) is 0 Å². The minimum atomic E-state index is -1.24. The van der Waals surface area contributed by atoms with Crippen LogP contribution >= 0.6 is 11.8 Å². The molecule has 2 N–H and O–H groups in total. The van der Waals surface area contributed by atoms with Crippen molar-refractivity contribution in [1.82, 2.24) is 0 Å². The zero-order valence-electron chi connectivity index (χ0n) is 8.62. The van der Waals surface area contributed by atoms with Crippen molar-refractivity contribution in [2.24, 2.45) is 0 Å². The van der Waals surface area contributed by atoms with Gasteiger partial charge < -0.3 is 14.6 Å². The fraction of sp³-hybridized carbons (Fsp3) is 0.400. The molecular formula is C10H12O5S. The number of carbonyl (C=O) groups excluding carboxylic acids is 2. The molecule has 0 fully saturated rings. The Labute approximate surface area is 96.5 Å². The summed E-state index contributed by atoms with van der Waals surface area (Å²) >= 11 is 0.915. The number of hydrogen-bond donors (Lipinski definition) is 2. The predicted octanol–water partition coefficient (Wildman–Crippen LogP) is 0.766. The minimum Gasteiger partial charge on any atom is -0.455 e. The van der Waals surface area contributed by atoms with Crippen LogP contribution in [0.3, 0.4) is 0 Å². The quantitative estimate of drug-likeness (QED) is 0.744. The Hall–Kier alpha value is -1.11. The molecule has 0 aliphatic rings. The molecule has 0 aliphatic heterocycles. The Morgan fingerprint density at radius 3 is 2.75 bits per heavy atom. The molecule has 16 heavy (non-hydrogen) atoms. The summed E-state index contributed by atoms with van der Waals surface area (Å²) in [5.74, 6) is 0.271. The van der Waals surface area contributed by atoms with Gasteiger partial charge in [-0.1, -0.05) is 11.8 Å². The first kappa shape index (κ1) is 13.0. The Morgan fingerprint density at radius 2 is 2.25 bits per heavy atom. The van der Waals surface area contributed by atoms with Crippen molar-refractivity contribution in [2.75, 3.05) is 5.75 Å². The molecule has 1 aromatic heterocycles. The molecule has 0 aromatic carbocycles. The second-order valence-electron chi connectivity index (χ2n) is 3.17. The van der Waals surface area contributed by atoms with Crippen molar-refractivity contribution in [1.29, 1.82) is 0 Å². The first-order valence-corrected chi connectivity index (χ1v) is 5.57. The lowest BCUT2D eigenvalue weighted by molar-refractivity contribution is -0.109. The predicted molar refractivity (Wildman–Crippen MR) is 58.2 cm³/mol. The summed E-state index contributed by atoms with van der Waals surface area (Å²) in [5.41, 5.74) is 0. The molecule has 0 aliphatic carbocycles. The number of rotatable bonds is 5. The summed E-state index contributed by atoms with van der Waals surface area (Å²) in [6, 6.07) is 2.81. The highest BCUT2D eigenvalue weighted by Gasteiger charge is 2.22. The second kappa shape index (κ2) is 5.83. The Kier molecular flexibility index (Phi) is 4.72. The van der Waals surface area contributed by atoms with Gasteiger partial charge in [-0.05, 0) is 12.1 Å². The van der Waals surface area contributed by atoms with Gasteiger partial charge in [-0.2, -0.15) is 0 Å². The number of thioether (sulfide) groups is 1. The van der Waals surface area contributed by atoms with Crippen LogP contribution in [0.5, 0.6) is 0 Å². The summed E-state index contributed by atoms with van der Waals surface area (Å²) in [5, 5.41) is 19.0. The Morgan fingerprint density at radius 1 is 1.56 bits per heavy atom. The largest absolute Gasteiger partial charge is 0.455 e. The van der Waals surface area contributed by atoms with E-state index in [0.29, 0.717) is 6.29 Å². The molecule has 6 heteroatoms. The van der Waals surface area contributed by atoms with Gasteiger partial charge in [0.25, 0.3) is 0 Å². The lowest BCUT2D eigenvalue weighted by Crippen LogP contribution is -2.20. The van der Waals surface area contributed by atoms with Gasteiger partial charge in [0.15, 0.2) is 17.2 Å². The third-order valence-corrected chi connectivity index (χ3v) is 2.79. The average molecular weight is 244 g/mol. The molecule has 0 saturated heterocycles. The maximum absolute atomic E-state index is 10.7. The SMILES string of the molecule is CC(=O)SCC(O)C(O)c1ccc(C=O)o1. The van der Waals surface area contributed by atoms with Crippen LogP contribution in [0.4, 0.5) is 0 Å². The zero-order chi connectivity index (χ0) is 12.1. The highest BCUT2D eigenvalue weighted by Crippen LogP contribution is 2.21. The second-order valence-corrected chi connectivity index (χ2v) is 4.37. The summed E-state index contributed by atoms with van der Waals surface area (Å²) in [7, 11) is 0. The van der Waals surface area contributed by atoms with Crippen LogP contribution in [0.25, 0.3) is 0 Å². The number of furan rings is 1. The van der Waals surface area contributed by atoms with Gasteiger partial charge in [0.2, 0.25) is 0 Å². The monoisotopic (exact) mass is 244 g/mol. The molecular weight excluding hydrogens is 232 g/mol. The van der Waals surface area contributed by atoms with E-state index in [1.165, 1.54) is 19.1 Å². The van der Waals surface area contributed by atoms with Gasteiger partial charge in [0, 0.05) is 12.7 Å². The molecule has 0 spiro atoms. The lowest BCUT2D eigenvalue weighted by Gasteiger charge is -2.14. The van der Waals surface area contributed by atoms with Gasteiger partial charge in [-0.15, -0.1) is 0 Å².